The maximum absolute atomic E-state index is 12.8. The van der Waals surface area contributed by atoms with Crippen molar-refractivity contribution < 1.29 is 13.2 Å². The third-order valence-electron chi connectivity index (χ3n) is 5.99. The number of sulfonamides is 1. The van der Waals surface area contributed by atoms with E-state index in [-0.39, 0.29) is 17.6 Å². The highest BCUT2D eigenvalue weighted by molar-refractivity contribution is 7.89. The van der Waals surface area contributed by atoms with Crippen LogP contribution >= 0.6 is 0 Å². The highest BCUT2D eigenvalue weighted by atomic mass is 32.2. The second kappa shape index (κ2) is 10.9. The van der Waals surface area contributed by atoms with Gasteiger partial charge < -0.3 is 5.32 Å². The third-order valence-corrected chi connectivity index (χ3v) is 7.91. The van der Waals surface area contributed by atoms with E-state index in [1.165, 1.54) is 22.7 Å². The molecule has 1 aromatic rings. The Labute approximate surface area is 175 Å². The third kappa shape index (κ3) is 6.96. The second-order valence-electron chi connectivity index (χ2n) is 8.25. The molecule has 160 valence electrons. The Bertz CT molecular complexity index is 790. The molecule has 1 heterocycles. The van der Waals surface area contributed by atoms with Crippen molar-refractivity contribution in [2.45, 2.75) is 57.8 Å². The van der Waals surface area contributed by atoms with E-state index < -0.39 is 10.0 Å². The lowest BCUT2D eigenvalue weighted by Gasteiger charge is -2.31. The van der Waals surface area contributed by atoms with Gasteiger partial charge in [0.15, 0.2) is 0 Å². The van der Waals surface area contributed by atoms with Crippen LogP contribution in [0.2, 0.25) is 0 Å². The lowest BCUT2D eigenvalue weighted by molar-refractivity contribution is -0.126. The number of carbonyl (C=O) groups is 1. The molecule has 1 atom stereocenters. The average molecular weight is 419 g/mol. The highest BCUT2D eigenvalue weighted by Crippen LogP contribution is 2.22. The standard InChI is InChI=1S/C23H34N2O3S/c26-23(24-16-15-21-11-5-2-6-12-21)22-14-7-17-25(19-22)29(27,28)18-8-13-20-9-3-1-4-10-20/h1,3-4,9-11,22H,2,5-8,12-19H2,(H,24,26)/t22-/m1/s1. The van der Waals surface area contributed by atoms with Gasteiger partial charge in [0.2, 0.25) is 15.9 Å². The Morgan fingerprint density at radius 1 is 1.10 bits per heavy atom. The van der Waals surface area contributed by atoms with E-state index in [0.717, 1.165) is 44.1 Å². The normalized spacial score (nSPS) is 20.8. The van der Waals surface area contributed by atoms with E-state index in [1.54, 1.807) is 0 Å². The summed E-state index contributed by atoms with van der Waals surface area (Å²) in [6.07, 6.45) is 10.9. The number of piperidine rings is 1. The predicted octanol–water partition coefficient (Wildman–Crippen LogP) is 3.67. The zero-order chi connectivity index (χ0) is 20.5. The number of allylic oxidation sites excluding steroid dienone is 1. The first-order valence-corrected chi connectivity index (χ1v) is 12.6. The van der Waals surface area contributed by atoms with Crippen molar-refractivity contribution in [2.75, 3.05) is 25.4 Å². The quantitative estimate of drug-likeness (QED) is 0.622. The first-order chi connectivity index (χ1) is 14.0. The van der Waals surface area contributed by atoms with Crippen LogP contribution in [0.1, 0.15) is 56.9 Å². The van der Waals surface area contributed by atoms with Gasteiger partial charge >= 0.3 is 0 Å². The molecule has 0 unspecified atom stereocenters. The average Bonchev–Trinajstić information content (AvgIpc) is 2.75. The first-order valence-electron chi connectivity index (χ1n) is 11.0. The van der Waals surface area contributed by atoms with E-state index in [1.807, 2.05) is 30.3 Å². The molecule has 1 aromatic carbocycles. The molecule has 3 rings (SSSR count). The number of amides is 1. The van der Waals surface area contributed by atoms with Crippen molar-refractivity contribution in [3.05, 3.63) is 47.5 Å². The van der Waals surface area contributed by atoms with Crippen molar-refractivity contribution in [1.82, 2.24) is 9.62 Å². The number of nitrogens with one attached hydrogen (secondary N) is 1. The van der Waals surface area contributed by atoms with Crippen LogP contribution in [-0.4, -0.2) is 44.0 Å². The molecular weight excluding hydrogens is 384 g/mol. The minimum atomic E-state index is -3.31. The fraction of sp³-hybridized carbons (Fsp3) is 0.609. The number of benzene rings is 1. The molecule has 0 bridgehead atoms. The minimum Gasteiger partial charge on any atom is -0.356 e. The number of aryl methyl sites for hydroxylation is 1. The minimum absolute atomic E-state index is 0.00518. The van der Waals surface area contributed by atoms with Gasteiger partial charge in [-0.15, -0.1) is 0 Å². The van der Waals surface area contributed by atoms with Gasteiger partial charge in [-0.2, -0.15) is 0 Å². The lowest BCUT2D eigenvalue weighted by Crippen LogP contribution is -2.46. The fourth-order valence-electron chi connectivity index (χ4n) is 4.26. The van der Waals surface area contributed by atoms with Gasteiger partial charge in [0.1, 0.15) is 0 Å². The molecule has 29 heavy (non-hydrogen) atoms. The van der Waals surface area contributed by atoms with Crippen LogP contribution in [0.5, 0.6) is 0 Å². The van der Waals surface area contributed by atoms with Gasteiger partial charge in [0.05, 0.1) is 11.7 Å². The molecule has 1 aliphatic heterocycles. The summed E-state index contributed by atoms with van der Waals surface area (Å²) in [5.74, 6) is -0.0803. The Hall–Kier alpha value is -1.66. The number of rotatable bonds is 9. The van der Waals surface area contributed by atoms with Crippen LogP contribution in [0.15, 0.2) is 42.0 Å². The number of hydrogen-bond donors (Lipinski definition) is 1. The van der Waals surface area contributed by atoms with Crippen molar-refractivity contribution in [3.8, 4) is 0 Å². The second-order valence-corrected chi connectivity index (χ2v) is 10.3. The van der Waals surface area contributed by atoms with Crippen LogP contribution in [0, 0.1) is 5.92 Å². The van der Waals surface area contributed by atoms with Crippen LogP contribution in [-0.2, 0) is 21.2 Å². The molecule has 0 aromatic heterocycles. The number of nitrogens with zero attached hydrogens (tertiary/aromatic N) is 1. The number of carbonyl (C=O) groups excluding carboxylic acids is 1. The topological polar surface area (TPSA) is 66.5 Å². The molecular formula is C23H34N2O3S. The number of hydrogen-bond acceptors (Lipinski definition) is 3. The van der Waals surface area contributed by atoms with E-state index in [4.69, 9.17) is 0 Å². The van der Waals surface area contributed by atoms with Gasteiger partial charge in [0, 0.05) is 19.6 Å². The van der Waals surface area contributed by atoms with Crippen LogP contribution in [0.25, 0.3) is 0 Å². The molecule has 1 aliphatic carbocycles. The molecule has 1 fully saturated rings. The van der Waals surface area contributed by atoms with Gasteiger partial charge in [-0.1, -0.05) is 42.0 Å². The highest BCUT2D eigenvalue weighted by Gasteiger charge is 2.31. The largest absolute Gasteiger partial charge is 0.356 e. The summed E-state index contributed by atoms with van der Waals surface area (Å²) in [7, 11) is -3.31. The summed E-state index contributed by atoms with van der Waals surface area (Å²) in [4.78, 5) is 12.6. The maximum Gasteiger partial charge on any atom is 0.224 e. The van der Waals surface area contributed by atoms with Crippen molar-refractivity contribution in [1.29, 1.82) is 0 Å². The molecule has 1 saturated heterocycles. The summed E-state index contributed by atoms with van der Waals surface area (Å²) >= 11 is 0. The van der Waals surface area contributed by atoms with E-state index in [9.17, 15) is 13.2 Å². The molecule has 0 saturated carbocycles. The molecule has 5 nitrogen and oxygen atoms in total. The van der Waals surface area contributed by atoms with Crippen LogP contribution in [0.4, 0.5) is 0 Å². The molecule has 1 N–H and O–H groups in total. The Kier molecular flexibility index (Phi) is 8.30. The Morgan fingerprint density at radius 3 is 2.69 bits per heavy atom. The van der Waals surface area contributed by atoms with Gasteiger partial charge in [-0.3, -0.25) is 4.79 Å². The molecule has 6 heteroatoms. The Balaban J connectivity index is 1.43. The monoisotopic (exact) mass is 418 g/mol. The summed E-state index contributed by atoms with van der Waals surface area (Å²) in [5.41, 5.74) is 2.61. The zero-order valence-electron chi connectivity index (χ0n) is 17.3. The molecule has 1 amide bonds. The van der Waals surface area contributed by atoms with Gasteiger partial charge in [0.25, 0.3) is 0 Å². The molecule has 0 spiro atoms. The van der Waals surface area contributed by atoms with Crippen LogP contribution in [0.3, 0.4) is 0 Å². The van der Waals surface area contributed by atoms with Crippen molar-refractivity contribution >= 4 is 15.9 Å². The summed E-state index contributed by atoms with van der Waals surface area (Å²) in [5, 5.41) is 3.04. The van der Waals surface area contributed by atoms with E-state index in [0.29, 0.717) is 26.1 Å². The molecule has 2 aliphatic rings. The zero-order valence-corrected chi connectivity index (χ0v) is 18.1. The SMILES string of the molecule is O=C(NCCC1=CCCCC1)[C@@H]1CCCN(S(=O)(=O)CCCc2ccccc2)C1. The lowest BCUT2D eigenvalue weighted by atomic mass is 9.96. The molecule has 0 radical (unpaired) electrons. The van der Waals surface area contributed by atoms with Gasteiger partial charge in [-0.05, 0) is 63.4 Å². The summed E-state index contributed by atoms with van der Waals surface area (Å²) in [6, 6.07) is 9.96. The van der Waals surface area contributed by atoms with Gasteiger partial charge in [-0.25, -0.2) is 12.7 Å². The smallest absolute Gasteiger partial charge is 0.224 e. The first kappa shape index (κ1) is 22.0. The fourth-order valence-corrected chi connectivity index (χ4v) is 5.85. The van der Waals surface area contributed by atoms with Crippen molar-refractivity contribution in [3.63, 3.8) is 0 Å². The summed E-state index contributed by atoms with van der Waals surface area (Å²) in [6.45, 7) is 1.51. The summed E-state index contributed by atoms with van der Waals surface area (Å²) < 4.78 is 27.0. The van der Waals surface area contributed by atoms with Crippen molar-refractivity contribution in [2.24, 2.45) is 5.92 Å². The van der Waals surface area contributed by atoms with E-state index in [2.05, 4.69) is 11.4 Å². The van der Waals surface area contributed by atoms with Crippen LogP contribution < -0.4 is 5.32 Å². The Morgan fingerprint density at radius 2 is 1.93 bits per heavy atom. The maximum atomic E-state index is 12.8. The van der Waals surface area contributed by atoms with E-state index >= 15 is 0 Å². The predicted molar refractivity (Wildman–Crippen MR) is 117 cm³/mol.